The summed E-state index contributed by atoms with van der Waals surface area (Å²) >= 11 is 0. The second-order valence-electron chi connectivity index (χ2n) is 5.89. The highest BCUT2D eigenvalue weighted by molar-refractivity contribution is 7.78. The fourth-order valence-corrected chi connectivity index (χ4v) is 54.6. The number of hydrogen-bond acceptors (Lipinski definition) is 1. The van der Waals surface area contributed by atoms with Gasteiger partial charge in [-0.2, -0.15) is 0 Å². The van der Waals surface area contributed by atoms with Gasteiger partial charge < -0.3 is 4.43 Å². The van der Waals surface area contributed by atoms with Crippen LogP contribution >= 0.6 is 0 Å². The molecular formula is C7H22OSi4. The summed E-state index contributed by atoms with van der Waals surface area (Å²) in [6.07, 6.45) is 1.19. The summed E-state index contributed by atoms with van der Waals surface area (Å²) in [5.41, 5.74) is 0. The van der Waals surface area contributed by atoms with Crippen LogP contribution in [0.1, 0.15) is 0 Å². The van der Waals surface area contributed by atoms with Crippen LogP contribution in [0.25, 0.3) is 0 Å². The quantitative estimate of drug-likeness (QED) is 0.576. The van der Waals surface area contributed by atoms with E-state index in [1.165, 1.54) is 6.23 Å². The Kier molecular flexibility index (Phi) is 2.64. The Hall–Kier alpha value is 0.828. The second kappa shape index (κ2) is 2.91. The topological polar surface area (TPSA) is 9.23 Å². The van der Waals surface area contributed by atoms with Gasteiger partial charge in [-0.15, -0.1) is 0 Å². The van der Waals surface area contributed by atoms with Crippen LogP contribution in [0.5, 0.6) is 0 Å². The summed E-state index contributed by atoms with van der Waals surface area (Å²) in [7, 11) is -2.71. The molecular weight excluding hydrogens is 212 g/mol. The minimum atomic E-state index is -0.940. The molecule has 0 aromatic heterocycles. The molecule has 1 rings (SSSR count). The van der Waals surface area contributed by atoms with Gasteiger partial charge in [-0.3, -0.25) is 0 Å². The summed E-state index contributed by atoms with van der Waals surface area (Å²) in [6, 6.07) is 0. The molecule has 1 fully saturated rings. The predicted octanol–water partition coefficient (Wildman–Crippen LogP) is 1.42. The molecule has 0 aromatic carbocycles. The Morgan fingerprint density at radius 2 is 1.50 bits per heavy atom. The van der Waals surface area contributed by atoms with Crippen LogP contribution in [-0.4, -0.2) is 37.3 Å². The maximum atomic E-state index is 5.93. The Morgan fingerprint density at radius 1 is 1.00 bits per heavy atom. The minimum Gasteiger partial charge on any atom is -0.431 e. The van der Waals surface area contributed by atoms with Crippen molar-refractivity contribution in [1.82, 2.24) is 0 Å². The number of rotatable bonds is 0. The van der Waals surface area contributed by atoms with E-state index in [-0.39, 0.29) is 9.28 Å². The zero-order valence-electron chi connectivity index (χ0n) is 9.32. The van der Waals surface area contributed by atoms with E-state index in [2.05, 4.69) is 39.3 Å². The van der Waals surface area contributed by atoms with Gasteiger partial charge in [0.05, 0.1) is 14.7 Å². The van der Waals surface area contributed by atoms with E-state index in [1.54, 1.807) is 0 Å². The third-order valence-electron chi connectivity index (χ3n) is 4.31. The molecule has 0 unspecified atom stereocenters. The van der Waals surface area contributed by atoms with Gasteiger partial charge in [0.15, 0.2) is 0 Å². The molecule has 1 aliphatic heterocycles. The lowest BCUT2D eigenvalue weighted by Gasteiger charge is -2.51. The van der Waals surface area contributed by atoms with E-state index in [1.807, 2.05) is 0 Å². The van der Waals surface area contributed by atoms with Gasteiger partial charge in [0.1, 0.15) is 9.28 Å². The molecule has 0 radical (unpaired) electrons. The lowest BCUT2D eigenvalue weighted by atomic mass is 11.7. The predicted molar refractivity (Wildman–Crippen MR) is 66.9 cm³/mol. The van der Waals surface area contributed by atoms with Crippen LogP contribution in [0.3, 0.4) is 0 Å². The molecule has 0 aromatic rings. The highest BCUT2D eigenvalue weighted by Crippen LogP contribution is 2.31. The van der Waals surface area contributed by atoms with Crippen molar-refractivity contribution in [1.29, 1.82) is 0 Å². The summed E-state index contributed by atoms with van der Waals surface area (Å²) in [5.74, 6) is 0. The largest absolute Gasteiger partial charge is 0.431 e. The molecule has 1 nitrogen and oxygen atoms in total. The Labute approximate surface area is 81.2 Å². The van der Waals surface area contributed by atoms with E-state index in [0.717, 1.165) is 0 Å². The fourth-order valence-electron chi connectivity index (χ4n) is 1.84. The first kappa shape index (κ1) is 10.9. The van der Waals surface area contributed by atoms with Gasteiger partial charge >= 0.3 is 0 Å². The molecule has 0 N–H and O–H groups in total. The normalized spacial score (nSPS) is 33.5. The van der Waals surface area contributed by atoms with E-state index in [4.69, 9.17) is 4.43 Å². The molecule has 72 valence electrons. The van der Waals surface area contributed by atoms with Gasteiger partial charge in [0.25, 0.3) is 0 Å². The fraction of sp³-hybridized carbons (Fsp3) is 1.00. The van der Waals surface area contributed by atoms with Crippen LogP contribution in [0.4, 0.5) is 0 Å². The Balaban J connectivity index is 2.99. The summed E-state index contributed by atoms with van der Waals surface area (Å²) in [6.45, 7) is 15.6. The maximum Gasteiger partial charge on any atom is 0.147 e. The number of hydrogen-bond donors (Lipinski definition) is 0. The van der Waals surface area contributed by atoms with E-state index >= 15 is 0 Å². The average molecular weight is 235 g/mol. The molecule has 0 aliphatic carbocycles. The third-order valence-corrected chi connectivity index (χ3v) is 61.7. The molecule has 12 heavy (non-hydrogen) atoms. The van der Waals surface area contributed by atoms with Gasteiger partial charge in [-0.25, -0.2) is 0 Å². The van der Waals surface area contributed by atoms with Crippen molar-refractivity contribution in [2.45, 2.75) is 39.3 Å². The monoisotopic (exact) mass is 234 g/mol. The Bertz CT molecular complexity index is 170. The summed E-state index contributed by atoms with van der Waals surface area (Å²) in [5, 5.41) is 0. The standard InChI is InChI=1S/C7H22OSi4/c1-10(2)7-8-9-11(3,4)12(10,5)6/h7,9H2,1-6H3. The van der Waals surface area contributed by atoms with Crippen molar-refractivity contribution in [2.75, 3.05) is 6.23 Å². The van der Waals surface area contributed by atoms with E-state index < -0.39 is 21.8 Å². The van der Waals surface area contributed by atoms with Gasteiger partial charge in [-0.05, 0) is 0 Å². The van der Waals surface area contributed by atoms with Crippen LogP contribution in [0, 0.1) is 0 Å². The summed E-state index contributed by atoms with van der Waals surface area (Å²) in [4.78, 5) is 0. The lowest BCUT2D eigenvalue weighted by molar-refractivity contribution is 0.412. The van der Waals surface area contributed by atoms with Crippen molar-refractivity contribution >= 4 is 31.1 Å². The molecule has 1 saturated heterocycles. The average Bonchev–Trinajstić information content (AvgIpc) is 1.83. The first-order chi connectivity index (χ1) is 5.21. The van der Waals surface area contributed by atoms with Crippen molar-refractivity contribution in [2.24, 2.45) is 0 Å². The first-order valence-electron chi connectivity index (χ1n) is 4.78. The molecule has 0 amide bonds. The van der Waals surface area contributed by atoms with Crippen LogP contribution < -0.4 is 0 Å². The third kappa shape index (κ3) is 1.45. The highest BCUT2D eigenvalue weighted by atomic mass is 29.8. The molecule has 5 heteroatoms. The van der Waals surface area contributed by atoms with Crippen LogP contribution in [-0.2, 0) is 4.43 Å². The van der Waals surface area contributed by atoms with Gasteiger partial charge in [0, 0.05) is 13.3 Å². The second-order valence-corrected chi connectivity index (χ2v) is 43.1. The molecule has 0 spiro atoms. The SMILES string of the molecule is C[Si]1(C)CO[SiH2][Si](C)(C)[Si]1(C)C. The van der Waals surface area contributed by atoms with Crippen LogP contribution in [0.15, 0.2) is 0 Å². The minimum absolute atomic E-state index is 0.101. The van der Waals surface area contributed by atoms with Crippen molar-refractivity contribution in [3.05, 3.63) is 0 Å². The lowest BCUT2D eigenvalue weighted by Crippen LogP contribution is -2.78. The molecule has 0 atom stereocenters. The van der Waals surface area contributed by atoms with Crippen molar-refractivity contribution in [3.8, 4) is 0 Å². The first-order valence-corrected chi connectivity index (χ1v) is 18.9. The smallest absolute Gasteiger partial charge is 0.147 e. The maximum absolute atomic E-state index is 5.93. The highest BCUT2D eigenvalue weighted by Gasteiger charge is 2.55. The van der Waals surface area contributed by atoms with Crippen molar-refractivity contribution < 1.29 is 4.43 Å². The van der Waals surface area contributed by atoms with E-state index in [9.17, 15) is 0 Å². The van der Waals surface area contributed by atoms with Crippen molar-refractivity contribution in [3.63, 3.8) is 0 Å². The molecule has 0 bridgehead atoms. The zero-order chi connectivity index (χ0) is 9.62. The summed E-state index contributed by atoms with van der Waals surface area (Å²) < 4.78 is 5.93. The zero-order valence-corrected chi connectivity index (χ0v) is 13.7. The molecule has 1 aliphatic rings. The van der Waals surface area contributed by atoms with Gasteiger partial charge in [-0.1, -0.05) is 39.3 Å². The molecule has 0 saturated carbocycles. The van der Waals surface area contributed by atoms with Crippen LogP contribution in [0.2, 0.25) is 39.3 Å². The molecule has 1 heterocycles. The Morgan fingerprint density at radius 3 is 1.83 bits per heavy atom. The van der Waals surface area contributed by atoms with E-state index in [0.29, 0.717) is 0 Å². The van der Waals surface area contributed by atoms with Gasteiger partial charge in [0.2, 0.25) is 0 Å².